The number of aryl methyl sites for hydroxylation is 2. The SMILES string of the molecule is C.CC1=C(O)C(=NN=c2[n-]c(C)c([N+](=O)[O-])s2)C(C)=C(Cl)C1=O.CC1=C(O)C(=NN=c2[n-]c(C)c([N+](=O)[O-])s2)C(C)=C(Cl)C1=O.[Co]. The van der Waals surface area contributed by atoms with Gasteiger partial charge in [0, 0.05) is 60.1 Å². The number of aliphatic hydroxyl groups is 2. The molecule has 0 aromatic carbocycles. The number of halogens is 2. The quantitative estimate of drug-likeness (QED) is 0.244. The molecule has 2 aromatic heterocycles. The maximum atomic E-state index is 11.7. The summed E-state index contributed by atoms with van der Waals surface area (Å²) in [6.45, 7) is 8.85. The van der Waals surface area contributed by atoms with Crippen molar-refractivity contribution in [3.8, 4) is 0 Å². The van der Waals surface area contributed by atoms with E-state index in [1.54, 1.807) is 0 Å². The standard InChI is InChI=1S/2C12H11ClN4O4S.CH4.Co/c2*1-4-7(13)9(18)5(2)10(19)8(4)15-16-12-14-6(3)11(22-12)17(20)21;;/h2*1-3H3,(H2,14,16,18,19);1H4;/p-2. The van der Waals surface area contributed by atoms with Gasteiger partial charge in [0.2, 0.25) is 11.6 Å². The molecule has 0 atom stereocenters. The van der Waals surface area contributed by atoms with Gasteiger partial charge in [0.05, 0.1) is 19.9 Å². The van der Waals surface area contributed by atoms with Crippen molar-refractivity contribution in [3.63, 3.8) is 0 Å². The van der Waals surface area contributed by atoms with E-state index in [9.17, 15) is 40.0 Å². The first-order chi connectivity index (χ1) is 20.5. The molecule has 46 heavy (non-hydrogen) atoms. The third-order valence-corrected chi connectivity index (χ3v) is 8.83. The van der Waals surface area contributed by atoms with Gasteiger partial charge in [-0.1, -0.05) is 53.3 Å². The van der Waals surface area contributed by atoms with E-state index in [2.05, 4.69) is 30.4 Å². The number of carbonyl (C=O) groups is 2. The second kappa shape index (κ2) is 16.0. The number of hydrogen-bond donors (Lipinski definition) is 2. The summed E-state index contributed by atoms with van der Waals surface area (Å²) in [7, 11) is 0. The van der Waals surface area contributed by atoms with Crippen LogP contribution in [0.4, 0.5) is 10.0 Å². The topological polar surface area (TPSA) is 239 Å². The van der Waals surface area contributed by atoms with Crippen molar-refractivity contribution in [2.24, 2.45) is 20.4 Å². The average molecular weight is 758 g/mol. The Morgan fingerprint density at radius 1 is 0.652 bits per heavy atom. The number of carbonyl (C=O) groups excluding carboxylic acids is 2. The van der Waals surface area contributed by atoms with Gasteiger partial charge in [-0.05, 0) is 41.5 Å². The van der Waals surface area contributed by atoms with Gasteiger partial charge in [-0.3, -0.25) is 40.0 Å². The zero-order valence-corrected chi connectivity index (χ0v) is 28.0. The third kappa shape index (κ3) is 8.22. The Labute approximate surface area is 288 Å². The predicted molar refractivity (Wildman–Crippen MR) is 169 cm³/mol. The number of nitro groups is 2. The van der Waals surface area contributed by atoms with E-state index in [1.807, 2.05) is 0 Å². The summed E-state index contributed by atoms with van der Waals surface area (Å²) in [5.41, 5.74) is 1.22. The van der Waals surface area contributed by atoms with Crippen LogP contribution in [-0.2, 0) is 26.4 Å². The van der Waals surface area contributed by atoms with Crippen LogP contribution in [0.3, 0.4) is 0 Å². The maximum absolute atomic E-state index is 11.7. The van der Waals surface area contributed by atoms with Crippen molar-refractivity contribution in [2.45, 2.75) is 49.0 Å². The van der Waals surface area contributed by atoms with Crippen LogP contribution < -0.4 is 19.6 Å². The van der Waals surface area contributed by atoms with Crippen LogP contribution in [0, 0.1) is 34.1 Å². The molecule has 0 amide bonds. The number of allylic oxidation sites excluding steroid dienone is 6. The molecular weight excluding hydrogens is 734 g/mol. The first-order valence-corrected chi connectivity index (χ1v) is 14.3. The van der Waals surface area contributed by atoms with Gasteiger partial charge >= 0.3 is 10.0 Å². The van der Waals surface area contributed by atoms with E-state index in [0.717, 1.165) is 22.7 Å². The smallest absolute Gasteiger partial charge is 0.322 e. The molecule has 0 saturated heterocycles. The molecular formula is C25H24Cl2CoN8O8S2-2. The van der Waals surface area contributed by atoms with Crippen molar-refractivity contribution in [3.05, 3.63) is 85.1 Å². The Hall–Kier alpha value is -4.01. The largest absolute Gasteiger partial charge is 0.505 e. The number of thiazole rings is 2. The van der Waals surface area contributed by atoms with Gasteiger partial charge in [0.25, 0.3) is 0 Å². The molecule has 0 aliphatic heterocycles. The number of hydrogen-bond acceptors (Lipinski definition) is 14. The molecule has 0 spiro atoms. The van der Waals surface area contributed by atoms with Crippen LogP contribution in [0.2, 0.25) is 0 Å². The summed E-state index contributed by atoms with van der Waals surface area (Å²) in [5.74, 6) is -1.59. The van der Waals surface area contributed by atoms with Crippen LogP contribution >= 0.6 is 45.9 Å². The normalized spacial score (nSPS) is 17.8. The van der Waals surface area contributed by atoms with Crippen LogP contribution in [0.25, 0.3) is 0 Å². The molecule has 1 radical (unpaired) electrons. The van der Waals surface area contributed by atoms with E-state index in [0.29, 0.717) is 0 Å². The summed E-state index contributed by atoms with van der Waals surface area (Å²) >= 11 is 13.3. The second-order valence-corrected chi connectivity index (χ2v) is 11.5. The summed E-state index contributed by atoms with van der Waals surface area (Å²) in [5, 5.41) is 56.3. The Bertz CT molecular complexity index is 1780. The monoisotopic (exact) mass is 757 g/mol. The Morgan fingerprint density at radius 3 is 1.22 bits per heavy atom. The van der Waals surface area contributed by atoms with Crippen LogP contribution in [0.5, 0.6) is 0 Å². The van der Waals surface area contributed by atoms with Gasteiger partial charge in [-0.25, -0.2) is 0 Å². The number of aliphatic hydroxyl groups excluding tert-OH is 2. The molecule has 21 heteroatoms. The average Bonchev–Trinajstić information content (AvgIpc) is 3.54. The van der Waals surface area contributed by atoms with Crippen LogP contribution in [0.15, 0.2) is 64.3 Å². The fourth-order valence-corrected chi connectivity index (χ4v) is 5.28. The van der Waals surface area contributed by atoms with Crippen molar-refractivity contribution in [1.82, 2.24) is 9.97 Å². The second-order valence-electron chi connectivity index (χ2n) is 8.87. The van der Waals surface area contributed by atoms with Crippen LogP contribution in [-0.4, -0.2) is 43.0 Å². The summed E-state index contributed by atoms with van der Waals surface area (Å²) < 4.78 is 0. The van der Waals surface area contributed by atoms with E-state index in [-0.39, 0.29) is 110 Å². The van der Waals surface area contributed by atoms with Crippen molar-refractivity contribution < 1.29 is 46.4 Å². The molecule has 2 aromatic rings. The van der Waals surface area contributed by atoms with Crippen molar-refractivity contribution in [2.75, 3.05) is 0 Å². The number of Topliss-reactive ketones (excluding diaryl/α,β-unsaturated/α-hetero) is 2. The van der Waals surface area contributed by atoms with Gasteiger partial charge in [0.1, 0.15) is 22.9 Å². The van der Waals surface area contributed by atoms with Crippen LogP contribution in [0.1, 0.15) is 46.5 Å². The number of ketones is 2. The minimum absolute atomic E-state index is 0. The predicted octanol–water partition coefficient (Wildman–Crippen LogP) is 4.85. The molecule has 2 heterocycles. The van der Waals surface area contributed by atoms with Crippen molar-refractivity contribution >= 4 is 78.9 Å². The Kier molecular flexibility index (Phi) is 13.9. The molecule has 0 unspecified atom stereocenters. The van der Waals surface area contributed by atoms with Gasteiger partial charge < -0.3 is 30.4 Å². The molecule has 4 rings (SSSR count). The molecule has 249 valence electrons. The summed E-state index contributed by atoms with van der Waals surface area (Å²) in [6.07, 6.45) is 0. The summed E-state index contributed by atoms with van der Waals surface area (Å²) in [4.78, 5) is 51.8. The zero-order valence-electron chi connectivity index (χ0n) is 23.8. The fraction of sp³-hybridized carbons (Fsp3) is 0.280. The summed E-state index contributed by atoms with van der Waals surface area (Å²) in [6, 6.07) is 0. The van der Waals surface area contributed by atoms with Crippen molar-refractivity contribution in [1.29, 1.82) is 0 Å². The number of rotatable bonds is 4. The fourth-order valence-electron chi connectivity index (χ4n) is 3.41. The van der Waals surface area contributed by atoms with E-state index >= 15 is 0 Å². The number of aromatic nitrogens is 2. The first-order valence-electron chi connectivity index (χ1n) is 11.9. The molecule has 2 aliphatic rings. The first kappa shape index (κ1) is 40.0. The molecule has 0 bridgehead atoms. The van der Waals surface area contributed by atoms with E-state index in [1.165, 1.54) is 41.5 Å². The van der Waals surface area contributed by atoms with Gasteiger partial charge in [-0.15, -0.1) is 0 Å². The zero-order chi connectivity index (χ0) is 33.2. The minimum atomic E-state index is -0.554. The maximum Gasteiger partial charge on any atom is 0.322 e. The van der Waals surface area contributed by atoms with Gasteiger partial charge in [-0.2, -0.15) is 0 Å². The third-order valence-electron chi connectivity index (χ3n) is 5.93. The number of nitrogens with zero attached hydrogens (tertiary/aromatic N) is 8. The van der Waals surface area contributed by atoms with Gasteiger partial charge in [0.15, 0.2) is 0 Å². The molecule has 16 nitrogen and oxygen atoms in total. The molecule has 0 saturated carbocycles. The minimum Gasteiger partial charge on any atom is -0.505 e. The Balaban J connectivity index is 0.000000441. The van der Waals surface area contributed by atoms with E-state index in [4.69, 9.17) is 23.2 Å². The molecule has 2 N–H and O–H groups in total. The Morgan fingerprint density at radius 2 is 0.957 bits per heavy atom. The molecule has 0 fully saturated rings. The van der Waals surface area contributed by atoms with E-state index < -0.39 is 21.4 Å². The molecule has 2 aliphatic carbocycles.